The molecule has 2 aliphatic rings. The van der Waals surface area contributed by atoms with Gasteiger partial charge >= 0.3 is 6.36 Å². The van der Waals surface area contributed by atoms with Crippen LogP contribution in [0.15, 0.2) is 53.8 Å². The van der Waals surface area contributed by atoms with E-state index in [0.717, 1.165) is 48.7 Å². The minimum atomic E-state index is -4.95. The molecule has 0 aromatic carbocycles. The molecule has 9 nitrogen and oxygen atoms in total. The lowest BCUT2D eigenvalue weighted by molar-refractivity contribution is -0.275. The zero-order chi connectivity index (χ0) is 24.4. The largest absolute Gasteiger partial charge is 0.573 e. The predicted molar refractivity (Wildman–Crippen MR) is 121 cm³/mol. The Balaban J connectivity index is 1.17. The van der Waals surface area contributed by atoms with Crippen LogP contribution in [-0.2, 0) is 4.74 Å². The topological polar surface area (TPSA) is 103 Å². The number of halogens is 3. The van der Waals surface area contributed by atoms with Crippen LogP contribution in [0.2, 0.25) is 0 Å². The molecule has 35 heavy (non-hydrogen) atoms. The monoisotopic (exact) mass is 488 g/mol. The maximum absolute atomic E-state index is 12.5. The number of hydrogen-bond acceptors (Lipinski definition) is 8. The number of nitrogens with zero attached hydrogens (tertiary/aromatic N) is 4. The fourth-order valence-electron chi connectivity index (χ4n) is 4.18. The van der Waals surface area contributed by atoms with Crippen LogP contribution in [0.25, 0.3) is 5.69 Å². The van der Waals surface area contributed by atoms with E-state index in [1.54, 1.807) is 12.1 Å². The third-order valence-corrected chi connectivity index (χ3v) is 6.06. The average Bonchev–Trinajstić information content (AvgIpc) is 3.22. The van der Waals surface area contributed by atoms with E-state index in [4.69, 9.17) is 4.74 Å². The minimum Gasteiger partial charge on any atom is -0.400 e. The molecule has 0 radical (unpaired) electrons. The number of rotatable bonds is 7. The molecule has 184 valence electrons. The van der Waals surface area contributed by atoms with E-state index in [1.165, 1.54) is 18.5 Å². The molecule has 0 unspecified atom stereocenters. The number of aromatic nitrogens is 4. The van der Waals surface area contributed by atoms with E-state index >= 15 is 0 Å². The van der Waals surface area contributed by atoms with Crippen molar-refractivity contribution in [2.75, 3.05) is 23.8 Å². The second-order valence-electron chi connectivity index (χ2n) is 8.57. The predicted octanol–water partition coefficient (Wildman–Crippen LogP) is 3.48. The first-order chi connectivity index (χ1) is 16.8. The molecule has 0 spiro atoms. The van der Waals surface area contributed by atoms with Crippen molar-refractivity contribution in [2.45, 2.75) is 43.6 Å². The summed E-state index contributed by atoms with van der Waals surface area (Å²) in [5.41, 5.74) is 0.491. The van der Waals surface area contributed by atoms with Gasteiger partial charge in [-0.25, -0.2) is 15.0 Å². The molecular formula is C23H23F3N6O3. The summed E-state index contributed by atoms with van der Waals surface area (Å²) in [6.45, 7) is 1.44. The van der Waals surface area contributed by atoms with Crippen LogP contribution in [0.4, 0.5) is 24.9 Å². The van der Waals surface area contributed by atoms with Gasteiger partial charge in [0, 0.05) is 36.6 Å². The Labute approximate surface area is 198 Å². The van der Waals surface area contributed by atoms with Crippen LogP contribution >= 0.6 is 0 Å². The van der Waals surface area contributed by atoms with Crippen LogP contribution in [0, 0.1) is 0 Å². The lowest BCUT2D eigenvalue weighted by Gasteiger charge is -2.25. The van der Waals surface area contributed by atoms with Gasteiger partial charge in [-0.2, -0.15) is 0 Å². The molecule has 2 atom stereocenters. The maximum atomic E-state index is 12.5. The molecule has 2 N–H and O–H groups in total. The number of hydrogen-bond donors (Lipinski definition) is 2. The minimum absolute atomic E-state index is 0.184. The number of alkyl halides is 3. The van der Waals surface area contributed by atoms with Crippen LogP contribution in [-0.4, -0.2) is 51.2 Å². The number of pyridine rings is 2. The third-order valence-electron chi connectivity index (χ3n) is 6.06. The molecule has 0 amide bonds. The van der Waals surface area contributed by atoms with Gasteiger partial charge in [0.15, 0.2) is 5.75 Å². The smallest absolute Gasteiger partial charge is 0.400 e. The molecule has 3 aromatic heterocycles. The SMILES string of the molecule is O=c1c(OC(F)(F)F)cccn1-c1ccc(N[C@H]2CC[C@H](Nc3ncc(C4COC4)cn3)C2)nc1. The van der Waals surface area contributed by atoms with E-state index < -0.39 is 17.7 Å². The molecule has 4 heterocycles. The van der Waals surface area contributed by atoms with Gasteiger partial charge in [0.05, 0.1) is 25.1 Å². The first kappa shape index (κ1) is 23.1. The highest BCUT2D eigenvalue weighted by molar-refractivity contribution is 5.43. The van der Waals surface area contributed by atoms with E-state index in [1.807, 2.05) is 12.4 Å². The van der Waals surface area contributed by atoms with Crippen molar-refractivity contribution in [3.8, 4) is 11.4 Å². The molecule has 0 bridgehead atoms. The third kappa shape index (κ3) is 5.53. The summed E-state index contributed by atoms with van der Waals surface area (Å²) < 4.78 is 47.6. The Bertz CT molecular complexity index is 1210. The maximum Gasteiger partial charge on any atom is 0.573 e. The highest BCUT2D eigenvalue weighted by Crippen LogP contribution is 2.26. The average molecular weight is 488 g/mol. The van der Waals surface area contributed by atoms with Crippen LogP contribution in [0.1, 0.15) is 30.7 Å². The fourth-order valence-corrected chi connectivity index (χ4v) is 4.18. The van der Waals surface area contributed by atoms with E-state index in [-0.39, 0.29) is 12.1 Å². The van der Waals surface area contributed by atoms with Crippen molar-refractivity contribution in [2.24, 2.45) is 0 Å². The van der Waals surface area contributed by atoms with Gasteiger partial charge in [0.2, 0.25) is 5.95 Å². The van der Waals surface area contributed by atoms with Gasteiger partial charge in [-0.05, 0) is 49.1 Å². The molecule has 12 heteroatoms. The lowest BCUT2D eigenvalue weighted by Crippen LogP contribution is -2.26. The van der Waals surface area contributed by atoms with Crippen molar-refractivity contribution in [3.05, 3.63) is 65.0 Å². The van der Waals surface area contributed by atoms with Crippen LogP contribution < -0.4 is 20.9 Å². The van der Waals surface area contributed by atoms with Gasteiger partial charge in [0.25, 0.3) is 5.56 Å². The van der Waals surface area contributed by atoms with E-state index in [2.05, 4.69) is 30.3 Å². The van der Waals surface area contributed by atoms with Gasteiger partial charge in [-0.1, -0.05) is 0 Å². The quantitative estimate of drug-likeness (QED) is 0.521. The summed E-state index contributed by atoms with van der Waals surface area (Å²) in [4.78, 5) is 25.5. The Morgan fingerprint density at radius 3 is 2.37 bits per heavy atom. The summed E-state index contributed by atoms with van der Waals surface area (Å²) in [5.74, 6) is 0.795. The van der Waals surface area contributed by atoms with Gasteiger partial charge in [-0.3, -0.25) is 9.36 Å². The van der Waals surface area contributed by atoms with Crippen molar-refractivity contribution in [1.29, 1.82) is 0 Å². The number of nitrogens with one attached hydrogen (secondary N) is 2. The first-order valence-electron chi connectivity index (χ1n) is 11.2. The molecule has 1 saturated heterocycles. The molecule has 3 aromatic rings. The summed E-state index contributed by atoms with van der Waals surface area (Å²) in [7, 11) is 0. The summed E-state index contributed by atoms with van der Waals surface area (Å²) in [6, 6.07) is 5.98. The summed E-state index contributed by atoms with van der Waals surface area (Å²) >= 11 is 0. The number of anilines is 2. The highest BCUT2D eigenvalue weighted by atomic mass is 19.4. The zero-order valence-corrected chi connectivity index (χ0v) is 18.5. The van der Waals surface area contributed by atoms with Crippen LogP contribution in [0.5, 0.6) is 5.75 Å². The molecule has 5 rings (SSSR count). The normalized spacial score (nSPS) is 20.3. The van der Waals surface area contributed by atoms with Crippen molar-refractivity contribution in [3.63, 3.8) is 0 Å². The standard InChI is InChI=1S/C23H23F3N6O3/c24-23(25,26)35-19-2-1-7-32(21(19)33)18-5-6-20(27-11-18)30-16-3-4-17(8-16)31-22-28-9-14(10-29-22)15-12-34-13-15/h1-2,5-7,9-11,15-17H,3-4,8,12-13H2,(H,27,30)(H,28,29,31)/t16-,17-/m0/s1. The second-order valence-corrected chi connectivity index (χ2v) is 8.57. The second kappa shape index (κ2) is 9.53. The Morgan fingerprint density at radius 1 is 1.00 bits per heavy atom. The number of ether oxygens (including phenoxy) is 2. The van der Waals surface area contributed by atoms with Gasteiger partial charge in [-0.15, -0.1) is 13.2 Å². The zero-order valence-electron chi connectivity index (χ0n) is 18.5. The van der Waals surface area contributed by atoms with Gasteiger partial charge in [0.1, 0.15) is 5.82 Å². The highest BCUT2D eigenvalue weighted by Gasteiger charge is 2.32. The Kier molecular flexibility index (Phi) is 6.29. The lowest BCUT2D eigenvalue weighted by atomic mass is 10.0. The summed E-state index contributed by atoms with van der Waals surface area (Å²) in [6.07, 6.45) is 4.24. The summed E-state index contributed by atoms with van der Waals surface area (Å²) in [5, 5.41) is 6.74. The van der Waals surface area contributed by atoms with E-state index in [0.29, 0.717) is 23.4 Å². The van der Waals surface area contributed by atoms with E-state index in [9.17, 15) is 18.0 Å². The fraction of sp³-hybridized carbons (Fsp3) is 0.391. The van der Waals surface area contributed by atoms with Gasteiger partial charge < -0.3 is 20.1 Å². The first-order valence-corrected chi connectivity index (χ1v) is 11.2. The molecular weight excluding hydrogens is 465 g/mol. The molecule has 1 aliphatic heterocycles. The Hall–Kier alpha value is -3.67. The molecule has 1 saturated carbocycles. The van der Waals surface area contributed by atoms with Crippen molar-refractivity contribution >= 4 is 11.8 Å². The van der Waals surface area contributed by atoms with Crippen molar-refractivity contribution in [1.82, 2.24) is 19.5 Å². The van der Waals surface area contributed by atoms with Crippen LogP contribution in [0.3, 0.4) is 0 Å². The Morgan fingerprint density at radius 2 is 1.74 bits per heavy atom. The van der Waals surface area contributed by atoms with Crippen molar-refractivity contribution < 1.29 is 22.6 Å². The molecule has 1 aliphatic carbocycles. The molecule has 2 fully saturated rings.